The Bertz CT molecular complexity index is 944. The van der Waals surface area contributed by atoms with Gasteiger partial charge in [0.25, 0.3) is 0 Å². The minimum atomic E-state index is -5.41. The van der Waals surface area contributed by atoms with Gasteiger partial charge in [0.15, 0.2) is 0 Å². The maximum absolute atomic E-state index is 13.4. The number of aromatic nitrogens is 1. The van der Waals surface area contributed by atoms with E-state index in [-0.39, 0.29) is 19.6 Å². The highest BCUT2D eigenvalue weighted by molar-refractivity contribution is 9.10. The SMILES string of the molecule is C#CCn1c(-c2ccc(Cl)cc2Br)c(C#N)c(C(F)(F)F)c1C(F)(F)F. The second-order valence-corrected chi connectivity index (χ2v) is 6.26. The van der Waals surface area contributed by atoms with Crippen LogP contribution in [-0.2, 0) is 18.9 Å². The number of nitriles is 1. The molecular formula is C16H6BrClF6N2. The first-order valence-corrected chi connectivity index (χ1v) is 7.80. The number of terminal acetylenes is 1. The number of benzene rings is 1. The fraction of sp³-hybridized carbons (Fsp3) is 0.188. The second kappa shape index (κ2) is 6.90. The molecule has 0 radical (unpaired) electrons. The summed E-state index contributed by atoms with van der Waals surface area (Å²) < 4.78 is 80.9. The first-order valence-electron chi connectivity index (χ1n) is 6.63. The highest BCUT2D eigenvalue weighted by Crippen LogP contribution is 2.48. The normalized spacial score (nSPS) is 11.9. The van der Waals surface area contributed by atoms with Crippen LogP contribution in [0, 0.1) is 23.7 Å². The first kappa shape index (κ1) is 20.2. The van der Waals surface area contributed by atoms with Gasteiger partial charge in [-0.2, -0.15) is 31.6 Å². The van der Waals surface area contributed by atoms with Crippen LogP contribution in [0.25, 0.3) is 11.3 Å². The average Bonchev–Trinajstić information content (AvgIpc) is 2.82. The predicted molar refractivity (Wildman–Crippen MR) is 86.1 cm³/mol. The van der Waals surface area contributed by atoms with Gasteiger partial charge >= 0.3 is 12.4 Å². The first-order chi connectivity index (χ1) is 11.9. The summed E-state index contributed by atoms with van der Waals surface area (Å²) in [5.74, 6) is 1.90. The molecule has 0 saturated carbocycles. The van der Waals surface area contributed by atoms with E-state index in [4.69, 9.17) is 18.0 Å². The quantitative estimate of drug-likeness (QED) is 0.397. The number of hydrogen-bond donors (Lipinski definition) is 0. The van der Waals surface area contributed by atoms with Crippen LogP contribution in [0.4, 0.5) is 26.3 Å². The molecule has 2 rings (SSSR count). The largest absolute Gasteiger partial charge is 0.432 e. The lowest BCUT2D eigenvalue weighted by molar-refractivity contribution is -0.165. The van der Waals surface area contributed by atoms with Gasteiger partial charge in [-0.1, -0.05) is 39.5 Å². The summed E-state index contributed by atoms with van der Waals surface area (Å²) in [6.45, 7) is -0.815. The van der Waals surface area contributed by atoms with Crippen molar-refractivity contribution >= 4 is 27.5 Å². The van der Waals surface area contributed by atoms with E-state index in [0.717, 1.165) is 0 Å². The minimum absolute atomic E-state index is 0.0813. The van der Waals surface area contributed by atoms with Gasteiger partial charge in [-0.15, -0.1) is 6.42 Å². The monoisotopic (exact) mass is 454 g/mol. The molecule has 0 aliphatic carbocycles. The van der Waals surface area contributed by atoms with Crippen molar-refractivity contribution in [2.75, 3.05) is 0 Å². The summed E-state index contributed by atoms with van der Waals surface area (Å²) in [4.78, 5) is 0. The lowest BCUT2D eigenvalue weighted by Gasteiger charge is -2.15. The zero-order valence-corrected chi connectivity index (χ0v) is 14.8. The van der Waals surface area contributed by atoms with Crippen LogP contribution in [0.3, 0.4) is 0 Å². The van der Waals surface area contributed by atoms with E-state index in [9.17, 15) is 31.6 Å². The molecule has 0 spiro atoms. The molecule has 0 bridgehead atoms. The molecule has 0 amide bonds. The molecule has 0 fully saturated rings. The van der Waals surface area contributed by atoms with E-state index in [0.29, 0.717) is 0 Å². The summed E-state index contributed by atoms with van der Waals surface area (Å²) in [5.41, 5.74) is -5.92. The van der Waals surface area contributed by atoms with Crippen LogP contribution in [0.15, 0.2) is 22.7 Å². The van der Waals surface area contributed by atoms with Crippen LogP contribution < -0.4 is 0 Å². The number of halogens is 8. The van der Waals surface area contributed by atoms with Crippen LogP contribution in [0.5, 0.6) is 0 Å². The van der Waals surface area contributed by atoms with Crippen molar-refractivity contribution in [1.82, 2.24) is 4.57 Å². The zero-order valence-electron chi connectivity index (χ0n) is 12.4. The lowest BCUT2D eigenvalue weighted by atomic mass is 10.0. The highest BCUT2D eigenvalue weighted by Gasteiger charge is 2.50. The third-order valence-corrected chi connectivity index (χ3v) is 4.25. The van der Waals surface area contributed by atoms with E-state index in [1.807, 2.05) is 5.92 Å². The Hall–Kier alpha value is -2.10. The van der Waals surface area contributed by atoms with Gasteiger partial charge in [-0.05, 0) is 12.1 Å². The molecule has 0 aliphatic heterocycles. The molecule has 1 heterocycles. The van der Waals surface area contributed by atoms with Gasteiger partial charge in [0.2, 0.25) is 0 Å². The molecule has 0 atom stereocenters. The maximum Gasteiger partial charge on any atom is 0.432 e. The smallest absolute Gasteiger partial charge is 0.323 e. The molecule has 0 aliphatic rings. The molecule has 10 heteroatoms. The average molecular weight is 456 g/mol. The van der Waals surface area contributed by atoms with Crippen molar-refractivity contribution in [2.24, 2.45) is 0 Å². The van der Waals surface area contributed by atoms with Crippen molar-refractivity contribution in [2.45, 2.75) is 18.9 Å². The van der Waals surface area contributed by atoms with E-state index < -0.39 is 41.4 Å². The Kier molecular flexibility index (Phi) is 5.36. The molecule has 2 nitrogen and oxygen atoms in total. The molecule has 136 valence electrons. The topological polar surface area (TPSA) is 28.7 Å². The third kappa shape index (κ3) is 3.55. The molecule has 1 aromatic carbocycles. The predicted octanol–water partition coefficient (Wildman–Crippen LogP) is 6.11. The Balaban J connectivity index is 3.08. The summed E-state index contributed by atoms with van der Waals surface area (Å²) in [5, 5.41) is 9.41. The van der Waals surface area contributed by atoms with Crippen molar-refractivity contribution in [3.8, 4) is 29.7 Å². The Morgan fingerprint density at radius 1 is 1.15 bits per heavy atom. The van der Waals surface area contributed by atoms with Crippen LogP contribution in [0.2, 0.25) is 5.02 Å². The van der Waals surface area contributed by atoms with Crippen molar-refractivity contribution < 1.29 is 26.3 Å². The minimum Gasteiger partial charge on any atom is -0.323 e. The van der Waals surface area contributed by atoms with E-state index in [1.165, 1.54) is 24.3 Å². The maximum atomic E-state index is 13.4. The molecule has 26 heavy (non-hydrogen) atoms. The molecule has 0 N–H and O–H groups in total. The Labute approximate surface area is 157 Å². The molecule has 1 aromatic heterocycles. The van der Waals surface area contributed by atoms with E-state index in [1.54, 1.807) is 0 Å². The number of nitrogens with zero attached hydrogens (tertiary/aromatic N) is 2. The van der Waals surface area contributed by atoms with Gasteiger partial charge < -0.3 is 4.57 Å². The Morgan fingerprint density at radius 2 is 1.77 bits per heavy atom. The van der Waals surface area contributed by atoms with Crippen LogP contribution in [-0.4, -0.2) is 4.57 Å². The number of hydrogen-bond acceptors (Lipinski definition) is 1. The third-order valence-electron chi connectivity index (χ3n) is 3.36. The fourth-order valence-electron chi connectivity index (χ4n) is 2.51. The standard InChI is InChI=1S/C16H6BrClF6N2/c1-2-5-26-13(9-4-3-8(18)6-11(9)17)10(7-25)12(15(19,20)21)14(26)16(22,23)24/h1,3-4,6H,5H2. The number of alkyl halides is 6. The summed E-state index contributed by atoms with van der Waals surface area (Å²) in [6.07, 6.45) is -5.74. The van der Waals surface area contributed by atoms with Gasteiger partial charge in [-0.25, -0.2) is 0 Å². The molecule has 0 unspecified atom stereocenters. The lowest BCUT2D eigenvalue weighted by Crippen LogP contribution is -2.20. The van der Waals surface area contributed by atoms with Crippen molar-refractivity contribution in [1.29, 1.82) is 5.26 Å². The Morgan fingerprint density at radius 3 is 2.19 bits per heavy atom. The van der Waals surface area contributed by atoms with Crippen molar-refractivity contribution in [3.05, 3.63) is 44.5 Å². The van der Waals surface area contributed by atoms with E-state index in [2.05, 4.69) is 15.9 Å². The summed E-state index contributed by atoms with van der Waals surface area (Å²) in [7, 11) is 0. The van der Waals surface area contributed by atoms with Crippen LogP contribution >= 0.6 is 27.5 Å². The summed E-state index contributed by atoms with van der Waals surface area (Å²) >= 11 is 8.81. The van der Waals surface area contributed by atoms with Gasteiger partial charge in [-0.3, -0.25) is 0 Å². The highest BCUT2D eigenvalue weighted by atomic mass is 79.9. The van der Waals surface area contributed by atoms with Gasteiger partial charge in [0.05, 0.1) is 17.8 Å². The zero-order chi connectivity index (χ0) is 19.9. The molecule has 2 aromatic rings. The second-order valence-electron chi connectivity index (χ2n) is 4.97. The number of rotatable bonds is 2. The van der Waals surface area contributed by atoms with Crippen molar-refractivity contribution in [3.63, 3.8) is 0 Å². The van der Waals surface area contributed by atoms with E-state index >= 15 is 0 Å². The van der Waals surface area contributed by atoms with Crippen LogP contribution in [0.1, 0.15) is 16.8 Å². The molecular weight excluding hydrogens is 450 g/mol. The van der Waals surface area contributed by atoms with Gasteiger partial charge in [0.1, 0.15) is 17.3 Å². The molecule has 0 saturated heterocycles. The fourth-order valence-corrected chi connectivity index (χ4v) is 3.38. The summed E-state index contributed by atoms with van der Waals surface area (Å²) in [6, 6.07) is 5.00. The van der Waals surface area contributed by atoms with Gasteiger partial charge in [0, 0.05) is 15.1 Å².